The van der Waals surface area contributed by atoms with E-state index in [1.807, 2.05) is 43.3 Å². The summed E-state index contributed by atoms with van der Waals surface area (Å²) in [6.07, 6.45) is 0.774. The van der Waals surface area contributed by atoms with Crippen LogP contribution in [0.1, 0.15) is 24.2 Å². The number of carbonyl (C=O) groups is 1. The van der Waals surface area contributed by atoms with Crippen LogP contribution in [0.5, 0.6) is 0 Å². The lowest BCUT2D eigenvalue weighted by atomic mass is 9.98. The van der Waals surface area contributed by atoms with E-state index < -0.39 is 6.10 Å². The van der Waals surface area contributed by atoms with Crippen LogP contribution in [-0.4, -0.2) is 35.3 Å². The molecule has 3 N–H and O–H groups in total. The number of nitrogens with one attached hydrogen (secondary N) is 2. The predicted molar refractivity (Wildman–Crippen MR) is 117 cm³/mol. The second-order valence-corrected chi connectivity index (χ2v) is 7.77. The number of furan rings is 1. The van der Waals surface area contributed by atoms with Gasteiger partial charge in [0.25, 0.3) is 0 Å². The summed E-state index contributed by atoms with van der Waals surface area (Å²) >= 11 is 6.12. The molecule has 30 heavy (non-hydrogen) atoms. The number of aliphatic hydroxyl groups excluding tert-OH is 1. The number of aliphatic hydroxyl groups is 1. The van der Waals surface area contributed by atoms with Gasteiger partial charge in [0.1, 0.15) is 12.4 Å². The van der Waals surface area contributed by atoms with Crippen molar-refractivity contribution in [1.29, 1.82) is 0 Å². The maximum atomic E-state index is 12.6. The molecule has 2 aromatic heterocycles. The monoisotopic (exact) mass is 426 g/mol. The van der Waals surface area contributed by atoms with E-state index in [0.29, 0.717) is 10.8 Å². The molecule has 0 aliphatic rings. The summed E-state index contributed by atoms with van der Waals surface area (Å²) in [5.74, 6) is 0.175. The van der Waals surface area contributed by atoms with Crippen LogP contribution in [-0.2, 0) is 16.1 Å². The van der Waals surface area contributed by atoms with Crippen LogP contribution in [0.15, 0.2) is 59.2 Å². The SMILES string of the molecule is C[C@H](C(=O)NC[C@@H](O)COCc1ccco1)c1ccc2c(c1)[nH]c1ccc(Cl)cc12. The fourth-order valence-corrected chi connectivity index (χ4v) is 3.61. The summed E-state index contributed by atoms with van der Waals surface area (Å²) in [6, 6.07) is 15.2. The average Bonchev–Trinajstić information content (AvgIpc) is 3.38. The highest BCUT2D eigenvalue weighted by atomic mass is 35.5. The number of halogens is 1. The molecule has 0 bridgehead atoms. The van der Waals surface area contributed by atoms with Crippen LogP contribution in [0.3, 0.4) is 0 Å². The van der Waals surface area contributed by atoms with E-state index >= 15 is 0 Å². The molecule has 0 saturated heterocycles. The first kappa shape index (κ1) is 20.5. The highest BCUT2D eigenvalue weighted by molar-refractivity contribution is 6.31. The van der Waals surface area contributed by atoms with Gasteiger partial charge in [0.05, 0.1) is 24.9 Å². The van der Waals surface area contributed by atoms with E-state index in [1.165, 1.54) is 0 Å². The van der Waals surface area contributed by atoms with Crippen LogP contribution < -0.4 is 5.32 Å². The lowest BCUT2D eigenvalue weighted by Crippen LogP contribution is -2.36. The van der Waals surface area contributed by atoms with E-state index in [9.17, 15) is 9.90 Å². The highest BCUT2D eigenvalue weighted by Crippen LogP contribution is 2.30. The Bertz CT molecular complexity index is 1150. The quantitative estimate of drug-likeness (QED) is 0.390. The van der Waals surface area contributed by atoms with Crippen molar-refractivity contribution in [2.45, 2.75) is 25.6 Å². The van der Waals surface area contributed by atoms with Gasteiger partial charge in [-0.05, 0) is 48.9 Å². The van der Waals surface area contributed by atoms with E-state index in [2.05, 4.69) is 10.3 Å². The number of benzene rings is 2. The Kier molecular flexibility index (Phi) is 6.08. The third-order valence-electron chi connectivity index (χ3n) is 5.12. The third kappa shape index (κ3) is 4.51. The Hall–Kier alpha value is -2.80. The number of carbonyl (C=O) groups excluding carboxylic acids is 1. The van der Waals surface area contributed by atoms with Gasteiger partial charge in [-0.15, -0.1) is 0 Å². The molecule has 2 heterocycles. The second kappa shape index (κ2) is 8.92. The lowest BCUT2D eigenvalue weighted by Gasteiger charge is -2.16. The molecule has 0 fully saturated rings. The number of hydrogen-bond acceptors (Lipinski definition) is 4. The second-order valence-electron chi connectivity index (χ2n) is 7.34. The molecule has 0 aliphatic carbocycles. The smallest absolute Gasteiger partial charge is 0.227 e. The van der Waals surface area contributed by atoms with E-state index in [4.69, 9.17) is 20.8 Å². The maximum absolute atomic E-state index is 12.6. The fourth-order valence-electron chi connectivity index (χ4n) is 3.43. The molecule has 4 rings (SSSR count). The molecule has 4 aromatic rings. The largest absolute Gasteiger partial charge is 0.467 e. The Balaban J connectivity index is 1.35. The van der Waals surface area contributed by atoms with Crippen molar-refractivity contribution in [1.82, 2.24) is 10.3 Å². The molecule has 6 nitrogen and oxygen atoms in total. The molecule has 0 spiro atoms. The molecule has 0 unspecified atom stereocenters. The Morgan fingerprint density at radius 3 is 2.87 bits per heavy atom. The van der Waals surface area contributed by atoms with Crippen LogP contribution in [0, 0.1) is 0 Å². The van der Waals surface area contributed by atoms with E-state index in [1.54, 1.807) is 18.4 Å². The van der Waals surface area contributed by atoms with Gasteiger partial charge >= 0.3 is 0 Å². The van der Waals surface area contributed by atoms with Crippen LogP contribution in [0.25, 0.3) is 21.8 Å². The molecule has 2 aromatic carbocycles. The van der Waals surface area contributed by atoms with Crippen molar-refractivity contribution in [3.8, 4) is 0 Å². The number of H-pyrrole nitrogens is 1. The van der Waals surface area contributed by atoms with Crippen molar-refractivity contribution in [2.24, 2.45) is 0 Å². The van der Waals surface area contributed by atoms with E-state index in [-0.39, 0.29) is 31.6 Å². The van der Waals surface area contributed by atoms with Gasteiger partial charge in [-0.2, -0.15) is 0 Å². The molecule has 0 saturated carbocycles. The molecular weight excluding hydrogens is 404 g/mol. The van der Waals surface area contributed by atoms with Gasteiger partial charge in [0.2, 0.25) is 5.91 Å². The summed E-state index contributed by atoms with van der Waals surface area (Å²) in [4.78, 5) is 15.9. The molecule has 156 valence electrons. The number of fused-ring (bicyclic) bond motifs is 3. The molecule has 1 amide bonds. The zero-order valence-electron chi connectivity index (χ0n) is 16.5. The first-order valence-electron chi connectivity index (χ1n) is 9.78. The van der Waals surface area contributed by atoms with Crippen LogP contribution in [0.2, 0.25) is 5.02 Å². The predicted octanol–water partition coefficient (Wildman–Crippen LogP) is 4.36. The van der Waals surface area contributed by atoms with Crippen molar-refractivity contribution < 1.29 is 19.1 Å². The number of aromatic nitrogens is 1. The Morgan fingerprint density at radius 1 is 1.20 bits per heavy atom. The summed E-state index contributed by atoms with van der Waals surface area (Å²) in [6.45, 7) is 2.35. The maximum Gasteiger partial charge on any atom is 0.227 e. The number of aromatic amines is 1. The fraction of sp³-hybridized carbons (Fsp3) is 0.261. The molecule has 0 radical (unpaired) electrons. The number of ether oxygens (including phenoxy) is 1. The minimum absolute atomic E-state index is 0.110. The van der Waals surface area contributed by atoms with Crippen molar-refractivity contribution in [3.63, 3.8) is 0 Å². The summed E-state index contributed by atoms with van der Waals surface area (Å²) in [7, 11) is 0. The normalized spacial score (nSPS) is 13.6. The molecule has 7 heteroatoms. The Morgan fingerprint density at radius 2 is 2.07 bits per heavy atom. The van der Waals surface area contributed by atoms with Gasteiger partial charge in [-0.25, -0.2) is 0 Å². The summed E-state index contributed by atoms with van der Waals surface area (Å²) in [5, 5.41) is 15.6. The van der Waals surface area contributed by atoms with Gasteiger partial charge in [0, 0.05) is 33.4 Å². The summed E-state index contributed by atoms with van der Waals surface area (Å²) in [5.41, 5.74) is 2.85. The molecular formula is C23H23ClN2O4. The van der Waals surface area contributed by atoms with Crippen LogP contribution >= 0.6 is 11.6 Å². The summed E-state index contributed by atoms with van der Waals surface area (Å²) < 4.78 is 10.6. The zero-order valence-corrected chi connectivity index (χ0v) is 17.3. The van der Waals surface area contributed by atoms with Gasteiger partial charge < -0.3 is 24.6 Å². The molecule has 0 aliphatic heterocycles. The van der Waals surface area contributed by atoms with E-state index in [0.717, 1.165) is 27.4 Å². The first-order valence-corrected chi connectivity index (χ1v) is 10.2. The van der Waals surface area contributed by atoms with Crippen molar-refractivity contribution >= 4 is 39.3 Å². The van der Waals surface area contributed by atoms with Crippen molar-refractivity contribution in [3.05, 3.63) is 71.1 Å². The average molecular weight is 427 g/mol. The number of amides is 1. The number of rotatable bonds is 8. The molecule has 2 atom stereocenters. The standard InChI is InChI=1S/C23H23ClN2O4/c1-14(23(28)25-11-17(27)12-29-13-18-3-2-8-30-18)15-4-6-19-20-10-16(24)5-7-21(20)26-22(19)9-15/h2-10,14,17,26-27H,11-13H2,1H3,(H,25,28)/t14-,17+/m0/s1. The minimum Gasteiger partial charge on any atom is -0.467 e. The highest BCUT2D eigenvalue weighted by Gasteiger charge is 2.17. The van der Waals surface area contributed by atoms with Gasteiger partial charge in [-0.3, -0.25) is 4.79 Å². The van der Waals surface area contributed by atoms with Crippen LogP contribution in [0.4, 0.5) is 0 Å². The number of hydrogen-bond donors (Lipinski definition) is 3. The Labute approximate surface area is 178 Å². The zero-order chi connectivity index (χ0) is 21.1. The van der Waals surface area contributed by atoms with Gasteiger partial charge in [0.15, 0.2) is 0 Å². The third-order valence-corrected chi connectivity index (χ3v) is 5.36. The van der Waals surface area contributed by atoms with Gasteiger partial charge in [-0.1, -0.05) is 23.7 Å². The topological polar surface area (TPSA) is 87.5 Å². The van der Waals surface area contributed by atoms with Crippen molar-refractivity contribution in [2.75, 3.05) is 13.2 Å². The first-order chi connectivity index (χ1) is 14.5. The minimum atomic E-state index is -0.794. The lowest BCUT2D eigenvalue weighted by molar-refractivity contribution is -0.122.